The molecule has 0 fully saturated rings. The molecule has 4 heteroatoms. The smallest absolute Gasteiger partial charge is 0.219 e. The molecule has 0 aliphatic heterocycles. The minimum absolute atomic E-state index is 0.113. The van der Waals surface area contributed by atoms with E-state index in [4.69, 9.17) is 10.5 Å². The van der Waals surface area contributed by atoms with Crippen LogP contribution in [0.5, 0.6) is 11.6 Å². The lowest BCUT2D eigenvalue weighted by Gasteiger charge is -2.09. The molecule has 1 aromatic heterocycles. The number of halogens is 1. The van der Waals surface area contributed by atoms with E-state index in [2.05, 4.69) is 4.98 Å². The summed E-state index contributed by atoms with van der Waals surface area (Å²) in [5, 5.41) is 0. The lowest BCUT2D eigenvalue weighted by molar-refractivity contribution is 0.426. The average Bonchev–Trinajstić information content (AvgIpc) is 2.34. The van der Waals surface area contributed by atoms with Gasteiger partial charge in [0, 0.05) is 18.3 Å². The van der Waals surface area contributed by atoms with E-state index in [9.17, 15) is 4.39 Å². The second kappa shape index (κ2) is 5.14. The van der Waals surface area contributed by atoms with Gasteiger partial charge in [-0.2, -0.15) is 0 Å². The largest absolute Gasteiger partial charge is 0.436 e. The number of aromatic nitrogens is 1. The first-order chi connectivity index (χ1) is 8.56. The Morgan fingerprint density at radius 3 is 2.78 bits per heavy atom. The first kappa shape index (κ1) is 12.5. The van der Waals surface area contributed by atoms with Gasteiger partial charge in [0.05, 0.1) is 0 Å². The normalized spacial score (nSPS) is 12.2. The summed E-state index contributed by atoms with van der Waals surface area (Å²) in [5.74, 6) is 0.104. The Labute approximate surface area is 105 Å². The zero-order valence-electron chi connectivity index (χ0n) is 10.4. The van der Waals surface area contributed by atoms with Crippen LogP contribution in [0.1, 0.15) is 24.1 Å². The second-order valence-corrected chi connectivity index (χ2v) is 4.25. The van der Waals surface area contributed by atoms with E-state index in [1.54, 1.807) is 24.4 Å². The molecule has 0 saturated carbocycles. The molecule has 2 N–H and O–H groups in total. The van der Waals surface area contributed by atoms with Crippen molar-refractivity contribution in [3.8, 4) is 11.6 Å². The monoisotopic (exact) mass is 246 g/mol. The molecule has 0 spiro atoms. The van der Waals surface area contributed by atoms with Crippen LogP contribution in [0.15, 0.2) is 36.5 Å². The summed E-state index contributed by atoms with van der Waals surface area (Å²) in [6.45, 7) is 3.74. The summed E-state index contributed by atoms with van der Waals surface area (Å²) in [7, 11) is 0. The van der Waals surface area contributed by atoms with E-state index in [1.165, 1.54) is 6.07 Å². The highest BCUT2D eigenvalue weighted by Gasteiger charge is 2.07. The number of nitrogens with two attached hydrogens (primary N) is 1. The zero-order chi connectivity index (χ0) is 13.1. The minimum atomic E-state index is -0.409. The van der Waals surface area contributed by atoms with Crippen molar-refractivity contribution in [1.29, 1.82) is 0 Å². The fourth-order valence-electron chi connectivity index (χ4n) is 1.57. The first-order valence-corrected chi connectivity index (χ1v) is 5.72. The fourth-order valence-corrected chi connectivity index (χ4v) is 1.57. The molecule has 0 saturated heterocycles. The molecule has 0 radical (unpaired) electrons. The Bertz CT molecular complexity index is 555. The van der Waals surface area contributed by atoms with Crippen LogP contribution in [0.4, 0.5) is 4.39 Å². The maximum absolute atomic E-state index is 13.5. The van der Waals surface area contributed by atoms with Gasteiger partial charge in [0.1, 0.15) is 0 Å². The van der Waals surface area contributed by atoms with Gasteiger partial charge in [0.25, 0.3) is 0 Å². The van der Waals surface area contributed by atoms with E-state index in [0.717, 1.165) is 11.1 Å². The van der Waals surface area contributed by atoms with Gasteiger partial charge in [0.2, 0.25) is 5.88 Å². The predicted molar refractivity (Wildman–Crippen MR) is 68.1 cm³/mol. The number of nitrogens with zero attached hydrogens (tertiary/aromatic N) is 1. The second-order valence-electron chi connectivity index (χ2n) is 4.25. The van der Waals surface area contributed by atoms with Crippen LogP contribution < -0.4 is 10.5 Å². The Morgan fingerprint density at radius 1 is 1.28 bits per heavy atom. The van der Waals surface area contributed by atoms with Crippen molar-refractivity contribution in [1.82, 2.24) is 4.98 Å². The number of benzene rings is 1. The Kier molecular flexibility index (Phi) is 3.58. The zero-order valence-corrected chi connectivity index (χ0v) is 10.4. The van der Waals surface area contributed by atoms with Gasteiger partial charge < -0.3 is 10.5 Å². The van der Waals surface area contributed by atoms with Gasteiger partial charge in [-0.05, 0) is 43.2 Å². The Hall–Kier alpha value is -1.94. The Balaban J connectivity index is 2.28. The van der Waals surface area contributed by atoms with Crippen LogP contribution in [-0.2, 0) is 0 Å². The van der Waals surface area contributed by atoms with Crippen molar-refractivity contribution in [2.24, 2.45) is 5.73 Å². The van der Waals surface area contributed by atoms with Crippen molar-refractivity contribution < 1.29 is 9.13 Å². The van der Waals surface area contributed by atoms with Crippen LogP contribution in [0.2, 0.25) is 0 Å². The van der Waals surface area contributed by atoms with Crippen molar-refractivity contribution >= 4 is 0 Å². The summed E-state index contributed by atoms with van der Waals surface area (Å²) in [6, 6.07) is 8.11. The lowest BCUT2D eigenvalue weighted by atomic mass is 10.1. The lowest BCUT2D eigenvalue weighted by Crippen LogP contribution is -2.05. The van der Waals surface area contributed by atoms with Crippen molar-refractivity contribution in [3.63, 3.8) is 0 Å². The molecule has 3 nitrogen and oxygen atoms in total. The van der Waals surface area contributed by atoms with E-state index >= 15 is 0 Å². The fraction of sp³-hybridized carbons (Fsp3) is 0.214. The molecule has 0 amide bonds. The third-order valence-corrected chi connectivity index (χ3v) is 2.59. The summed E-state index contributed by atoms with van der Waals surface area (Å²) in [6.07, 6.45) is 1.60. The molecule has 2 aromatic rings. The summed E-state index contributed by atoms with van der Waals surface area (Å²) >= 11 is 0. The highest BCUT2D eigenvalue weighted by molar-refractivity contribution is 5.33. The van der Waals surface area contributed by atoms with Gasteiger partial charge >= 0.3 is 0 Å². The molecule has 0 unspecified atom stereocenters. The topological polar surface area (TPSA) is 48.1 Å². The first-order valence-electron chi connectivity index (χ1n) is 5.72. The van der Waals surface area contributed by atoms with Crippen LogP contribution >= 0.6 is 0 Å². The highest BCUT2D eigenvalue weighted by atomic mass is 19.1. The van der Waals surface area contributed by atoms with Crippen molar-refractivity contribution in [3.05, 3.63) is 53.5 Å². The van der Waals surface area contributed by atoms with E-state index in [1.807, 2.05) is 19.9 Å². The molecule has 0 aliphatic carbocycles. The van der Waals surface area contributed by atoms with Crippen LogP contribution in [0.25, 0.3) is 0 Å². The van der Waals surface area contributed by atoms with E-state index in [0.29, 0.717) is 5.88 Å². The number of hydrogen-bond acceptors (Lipinski definition) is 3. The maximum atomic E-state index is 13.5. The molecule has 94 valence electrons. The molecule has 1 atom stereocenters. The van der Waals surface area contributed by atoms with Crippen LogP contribution in [-0.4, -0.2) is 4.98 Å². The number of aryl methyl sites for hydroxylation is 1. The summed E-state index contributed by atoms with van der Waals surface area (Å²) in [4.78, 5) is 4.04. The minimum Gasteiger partial charge on any atom is -0.436 e. The molecular weight excluding hydrogens is 231 g/mol. The molecule has 2 rings (SSSR count). The van der Waals surface area contributed by atoms with Crippen LogP contribution in [0.3, 0.4) is 0 Å². The quantitative estimate of drug-likeness (QED) is 0.903. The molecule has 1 heterocycles. The number of ether oxygens (including phenoxy) is 1. The van der Waals surface area contributed by atoms with E-state index < -0.39 is 5.82 Å². The average molecular weight is 246 g/mol. The predicted octanol–water partition coefficient (Wildman–Crippen LogP) is 3.34. The molecule has 18 heavy (non-hydrogen) atoms. The van der Waals surface area contributed by atoms with Gasteiger partial charge in [-0.15, -0.1) is 0 Å². The SMILES string of the molecule is Cc1ccc(F)c(Oc2cc([C@H](C)N)ccn2)c1. The maximum Gasteiger partial charge on any atom is 0.219 e. The van der Waals surface area contributed by atoms with Crippen LogP contribution in [0, 0.1) is 12.7 Å². The molecule has 0 bridgehead atoms. The number of rotatable bonds is 3. The third-order valence-electron chi connectivity index (χ3n) is 2.59. The number of hydrogen-bond donors (Lipinski definition) is 1. The van der Waals surface area contributed by atoms with E-state index in [-0.39, 0.29) is 11.8 Å². The van der Waals surface area contributed by atoms with Crippen molar-refractivity contribution in [2.75, 3.05) is 0 Å². The van der Waals surface area contributed by atoms with Crippen molar-refractivity contribution in [2.45, 2.75) is 19.9 Å². The van der Waals surface area contributed by atoms with Gasteiger partial charge in [0.15, 0.2) is 11.6 Å². The van der Waals surface area contributed by atoms with Gasteiger partial charge in [-0.3, -0.25) is 0 Å². The Morgan fingerprint density at radius 2 is 2.06 bits per heavy atom. The third kappa shape index (κ3) is 2.84. The molecular formula is C14H15FN2O. The number of pyridine rings is 1. The molecule has 0 aliphatic rings. The van der Waals surface area contributed by atoms with Gasteiger partial charge in [-0.1, -0.05) is 6.07 Å². The van der Waals surface area contributed by atoms with Gasteiger partial charge in [-0.25, -0.2) is 9.37 Å². The highest BCUT2D eigenvalue weighted by Crippen LogP contribution is 2.25. The summed E-state index contributed by atoms with van der Waals surface area (Å²) < 4.78 is 19.0. The summed E-state index contributed by atoms with van der Waals surface area (Å²) in [5.41, 5.74) is 7.59. The molecule has 1 aromatic carbocycles. The standard InChI is InChI=1S/C14H15FN2O/c1-9-3-4-12(15)13(7-9)18-14-8-11(10(2)16)5-6-17-14/h3-8,10H,16H2,1-2H3/t10-/m0/s1.